The number of carbonyl (C=O) groups is 1. The zero-order valence-electron chi connectivity index (χ0n) is 7.66. The molecule has 0 rings (SSSR count). The summed E-state index contributed by atoms with van der Waals surface area (Å²) in [5.74, 6) is -0.0365. The summed E-state index contributed by atoms with van der Waals surface area (Å²) in [7, 11) is 1.65. The molecule has 0 aromatic carbocycles. The Labute approximate surface area is 72.8 Å². The van der Waals surface area contributed by atoms with E-state index in [1.807, 2.05) is 0 Å². The van der Waals surface area contributed by atoms with Crippen molar-refractivity contribution in [3.8, 4) is 0 Å². The van der Waals surface area contributed by atoms with Crippen LogP contribution in [-0.2, 0) is 4.79 Å². The Hall–Kier alpha value is -0.610. The van der Waals surface area contributed by atoms with E-state index >= 15 is 0 Å². The van der Waals surface area contributed by atoms with Crippen molar-refractivity contribution >= 4 is 5.91 Å². The van der Waals surface area contributed by atoms with Gasteiger partial charge in [-0.15, -0.1) is 0 Å². The summed E-state index contributed by atoms with van der Waals surface area (Å²) >= 11 is 0. The van der Waals surface area contributed by atoms with Crippen LogP contribution >= 0.6 is 0 Å². The lowest BCUT2D eigenvalue weighted by Gasteiger charge is -2.22. The lowest BCUT2D eigenvalue weighted by Crippen LogP contribution is -2.37. The summed E-state index contributed by atoms with van der Waals surface area (Å²) in [6.07, 6.45) is 0.832. The fourth-order valence-corrected chi connectivity index (χ4v) is 0.775. The van der Waals surface area contributed by atoms with E-state index in [-0.39, 0.29) is 25.2 Å². The molecule has 0 aromatic rings. The lowest BCUT2D eigenvalue weighted by atomic mass is 10.2. The van der Waals surface area contributed by atoms with Crippen molar-refractivity contribution in [2.24, 2.45) is 0 Å². The van der Waals surface area contributed by atoms with Gasteiger partial charge in [-0.3, -0.25) is 4.79 Å². The molecule has 2 N–H and O–H groups in total. The van der Waals surface area contributed by atoms with Gasteiger partial charge < -0.3 is 15.1 Å². The van der Waals surface area contributed by atoms with Crippen LogP contribution in [0.1, 0.15) is 19.8 Å². The van der Waals surface area contributed by atoms with Crippen LogP contribution in [0, 0.1) is 0 Å². The first-order chi connectivity index (χ1) is 5.63. The molecule has 0 heterocycles. The third-order valence-electron chi connectivity index (χ3n) is 1.87. The number of carbonyl (C=O) groups excluding carboxylic acids is 1. The molecule has 1 unspecified atom stereocenters. The summed E-state index contributed by atoms with van der Waals surface area (Å²) in [4.78, 5) is 12.7. The summed E-state index contributed by atoms with van der Waals surface area (Å²) in [6.45, 7) is 1.78. The molecule has 0 aliphatic rings. The maximum absolute atomic E-state index is 11.2. The number of rotatable bonds is 5. The number of aliphatic hydroxyl groups is 2. The van der Waals surface area contributed by atoms with Crippen molar-refractivity contribution < 1.29 is 15.0 Å². The van der Waals surface area contributed by atoms with Gasteiger partial charge in [0, 0.05) is 20.1 Å². The second kappa shape index (κ2) is 5.97. The third-order valence-corrected chi connectivity index (χ3v) is 1.87. The standard InChI is InChI=1S/C8H17NO3/c1-7(6-11)9(2)8(12)4-3-5-10/h7,10-11H,3-6H2,1-2H3. The topological polar surface area (TPSA) is 60.8 Å². The van der Waals surface area contributed by atoms with E-state index in [2.05, 4.69) is 0 Å². The van der Waals surface area contributed by atoms with Crippen molar-refractivity contribution in [3.05, 3.63) is 0 Å². The number of hydrogen-bond acceptors (Lipinski definition) is 3. The molecule has 0 aromatic heterocycles. The van der Waals surface area contributed by atoms with Gasteiger partial charge in [-0.05, 0) is 13.3 Å². The van der Waals surface area contributed by atoms with Crippen LogP contribution in [0.15, 0.2) is 0 Å². The maximum atomic E-state index is 11.2. The van der Waals surface area contributed by atoms with Crippen molar-refractivity contribution in [2.45, 2.75) is 25.8 Å². The molecule has 0 fully saturated rings. The molecule has 4 heteroatoms. The monoisotopic (exact) mass is 175 g/mol. The predicted octanol–water partition coefficient (Wildman–Crippen LogP) is -0.402. The molecule has 0 spiro atoms. The molecule has 0 aliphatic carbocycles. The van der Waals surface area contributed by atoms with Crippen LogP contribution in [-0.4, -0.2) is 47.3 Å². The highest BCUT2D eigenvalue weighted by atomic mass is 16.3. The number of likely N-dealkylation sites (N-methyl/N-ethyl adjacent to an activating group) is 1. The molecule has 1 amide bonds. The molecule has 0 saturated heterocycles. The first kappa shape index (κ1) is 11.4. The Morgan fingerprint density at radius 1 is 1.50 bits per heavy atom. The third kappa shape index (κ3) is 3.69. The SMILES string of the molecule is CC(CO)N(C)C(=O)CCCO. The van der Waals surface area contributed by atoms with Gasteiger partial charge in [-0.25, -0.2) is 0 Å². The average molecular weight is 175 g/mol. The molecule has 0 saturated carbocycles. The minimum atomic E-state index is -0.142. The maximum Gasteiger partial charge on any atom is 0.222 e. The first-order valence-corrected chi connectivity index (χ1v) is 4.10. The normalized spacial score (nSPS) is 12.7. The summed E-state index contributed by atoms with van der Waals surface area (Å²) in [6, 6.07) is -0.142. The Balaban J connectivity index is 3.75. The van der Waals surface area contributed by atoms with E-state index in [0.717, 1.165) is 0 Å². The Morgan fingerprint density at radius 3 is 2.50 bits per heavy atom. The predicted molar refractivity (Wildman–Crippen MR) is 45.6 cm³/mol. The zero-order chi connectivity index (χ0) is 9.56. The van der Waals surface area contributed by atoms with E-state index in [1.54, 1.807) is 14.0 Å². The number of amides is 1. The highest BCUT2D eigenvalue weighted by Gasteiger charge is 2.13. The number of nitrogens with zero attached hydrogens (tertiary/aromatic N) is 1. The van der Waals surface area contributed by atoms with Crippen LogP contribution < -0.4 is 0 Å². The second-order valence-corrected chi connectivity index (χ2v) is 2.86. The van der Waals surface area contributed by atoms with E-state index in [9.17, 15) is 4.79 Å². The van der Waals surface area contributed by atoms with E-state index in [0.29, 0.717) is 12.8 Å². The zero-order valence-corrected chi connectivity index (χ0v) is 7.66. The highest BCUT2D eigenvalue weighted by Crippen LogP contribution is 1.99. The Bertz CT molecular complexity index is 138. The molecule has 1 atom stereocenters. The molecule has 72 valence electrons. The molecule has 0 aliphatic heterocycles. The Kier molecular flexibility index (Phi) is 5.66. The molecule has 4 nitrogen and oxygen atoms in total. The fourth-order valence-electron chi connectivity index (χ4n) is 0.775. The molecular formula is C8H17NO3. The molecule has 12 heavy (non-hydrogen) atoms. The minimum absolute atomic E-state index is 0.0264. The van der Waals surface area contributed by atoms with Gasteiger partial charge in [0.25, 0.3) is 0 Å². The van der Waals surface area contributed by atoms with Crippen LogP contribution in [0.2, 0.25) is 0 Å². The van der Waals surface area contributed by atoms with E-state index in [1.165, 1.54) is 4.90 Å². The summed E-state index contributed by atoms with van der Waals surface area (Å²) in [5.41, 5.74) is 0. The quantitative estimate of drug-likeness (QED) is 0.597. The van der Waals surface area contributed by atoms with Crippen LogP contribution in [0.3, 0.4) is 0 Å². The van der Waals surface area contributed by atoms with Crippen molar-refractivity contribution in [1.29, 1.82) is 0 Å². The van der Waals surface area contributed by atoms with Gasteiger partial charge in [0.15, 0.2) is 0 Å². The van der Waals surface area contributed by atoms with Gasteiger partial charge in [0.2, 0.25) is 5.91 Å². The average Bonchev–Trinajstić information content (AvgIpc) is 2.11. The van der Waals surface area contributed by atoms with Gasteiger partial charge in [-0.2, -0.15) is 0 Å². The van der Waals surface area contributed by atoms with Crippen molar-refractivity contribution in [1.82, 2.24) is 4.90 Å². The van der Waals surface area contributed by atoms with E-state index in [4.69, 9.17) is 10.2 Å². The van der Waals surface area contributed by atoms with E-state index < -0.39 is 0 Å². The summed E-state index contributed by atoms with van der Waals surface area (Å²) < 4.78 is 0. The van der Waals surface area contributed by atoms with Gasteiger partial charge >= 0.3 is 0 Å². The number of hydrogen-bond donors (Lipinski definition) is 2. The first-order valence-electron chi connectivity index (χ1n) is 4.10. The van der Waals surface area contributed by atoms with Crippen molar-refractivity contribution in [2.75, 3.05) is 20.3 Å². The largest absolute Gasteiger partial charge is 0.396 e. The second-order valence-electron chi connectivity index (χ2n) is 2.86. The lowest BCUT2D eigenvalue weighted by molar-refractivity contribution is -0.132. The highest BCUT2D eigenvalue weighted by molar-refractivity contribution is 5.76. The Morgan fingerprint density at radius 2 is 2.08 bits per heavy atom. The fraction of sp³-hybridized carbons (Fsp3) is 0.875. The van der Waals surface area contributed by atoms with Gasteiger partial charge in [0.05, 0.1) is 12.6 Å². The number of aliphatic hydroxyl groups excluding tert-OH is 2. The molecular weight excluding hydrogens is 158 g/mol. The molecule has 0 bridgehead atoms. The van der Waals surface area contributed by atoms with Crippen LogP contribution in [0.4, 0.5) is 0 Å². The minimum Gasteiger partial charge on any atom is -0.396 e. The molecule has 0 radical (unpaired) electrons. The summed E-state index contributed by atoms with van der Waals surface area (Å²) in [5, 5.41) is 17.2. The van der Waals surface area contributed by atoms with Gasteiger partial charge in [-0.1, -0.05) is 0 Å². The van der Waals surface area contributed by atoms with Crippen LogP contribution in [0.25, 0.3) is 0 Å². The van der Waals surface area contributed by atoms with Crippen molar-refractivity contribution in [3.63, 3.8) is 0 Å². The van der Waals surface area contributed by atoms with Crippen LogP contribution in [0.5, 0.6) is 0 Å². The smallest absolute Gasteiger partial charge is 0.222 e. The van der Waals surface area contributed by atoms with Gasteiger partial charge in [0.1, 0.15) is 0 Å².